The van der Waals surface area contributed by atoms with Crippen LogP contribution in [0, 0.1) is 0 Å². The molecule has 0 atom stereocenters. The first-order chi connectivity index (χ1) is 10.4. The predicted octanol–water partition coefficient (Wildman–Crippen LogP) is 3.83. The number of thiazole rings is 1. The van der Waals surface area contributed by atoms with Crippen LogP contribution in [0.2, 0.25) is 0 Å². The highest BCUT2D eigenvalue weighted by Crippen LogP contribution is 2.31. The van der Waals surface area contributed by atoms with Gasteiger partial charge in [0.1, 0.15) is 0 Å². The molecule has 2 aromatic rings. The summed E-state index contributed by atoms with van der Waals surface area (Å²) >= 11 is 0.938. The molecule has 1 aromatic carbocycles. The second-order valence-electron chi connectivity index (χ2n) is 4.40. The summed E-state index contributed by atoms with van der Waals surface area (Å²) in [5, 5.41) is 4.14. The number of methoxy groups -OCH3 is 2. The SMILES string of the molecule is COc1ccc(CCNc2nc(C(F)(F)F)cs2)cc1OC. The molecule has 0 amide bonds. The van der Waals surface area contributed by atoms with Crippen molar-refractivity contribution in [1.82, 2.24) is 4.98 Å². The Hall–Kier alpha value is -1.96. The fourth-order valence-corrected chi connectivity index (χ4v) is 2.58. The molecule has 0 aliphatic heterocycles. The first kappa shape index (κ1) is 16.4. The number of aromatic nitrogens is 1. The number of nitrogens with one attached hydrogen (secondary N) is 1. The molecule has 0 aliphatic rings. The number of hydrogen-bond acceptors (Lipinski definition) is 5. The Morgan fingerprint density at radius 2 is 1.91 bits per heavy atom. The number of hydrogen-bond donors (Lipinski definition) is 1. The van der Waals surface area contributed by atoms with Gasteiger partial charge in [0.25, 0.3) is 0 Å². The van der Waals surface area contributed by atoms with Crippen LogP contribution in [0.25, 0.3) is 0 Å². The maximum absolute atomic E-state index is 12.4. The molecule has 8 heteroatoms. The zero-order valence-corrected chi connectivity index (χ0v) is 12.8. The number of ether oxygens (including phenoxy) is 2. The number of alkyl halides is 3. The van der Waals surface area contributed by atoms with Gasteiger partial charge in [0.05, 0.1) is 14.2 Å². The van der Waals surface area contributed by atoms with Crippen LogP contribution in [0.5, 0.6) is 11.5 Å². The third kappa shape index (κ3) is 4.03. The lowest BCUT2D eigenvalue weighted by molar-refractivity contribution is -0.140. The molecule has 0 unspecified atom stereocenters. The van der Waals surface area contributed by atoms with Gasteiger partial charge in [-0.05, 0) is 24.1 Å². The van der Waals surface area contributed by atoms with Crippen molar-refractivity contribution in [1.29, 1.82) is 0 Å². The van der Waals surface area contributed by atoms with Crippen LogP contribution in [-0.2, 0) is 12.6 Å². The van der Waals surface area contributed by atoms with Crippen molar-refractivity contribution >= 4 is 16.5 Å². The third-order valence-corrected chi connectivity index (χ3v) is 3.73. The Labute approximate surface area is 129 Å². The predicted molar refractivity (Wildman–Crippen MR) is 78.9 cm³/mol. The van der Waals surface area contributed by atoms with Gasteiger partial charge < -0.3 is 14.8 Å². The van der Waals surface area contributed by atoms with Crippen LogP contribution in [-0.4, -0.2) is 25.7 Å². The van der Waals surface area contributed by atoms with Crippen LogP contribution >= 0.6 is 11.3 Å². The summed E-state index contributed by atoms with van der Waals surface area (Å²) < 4.78 is 47.6. The molecular formula is C14H15F3N2O2S. The van der Waals surface area contributed by atoms with E-state index in [0.717, 1.165) is 22.3 Å². The number of halogens is 3. The molecule has 0 fully saturated rings. The largest absolute Gasteiger partial charge is 0.493 e. The van der Waals surface area contributed by atoms with E-state index >= 15 is 0 Å². The van der Waals surface area contributed by atoms with E-state index in [2.05, 4.69) is 10.3 Å². The molecule has 1 aromatic heterocycles. The smallest absolute Gasteiger partial charge is 0.434 e. The second kappa shape index (κ2) is 6.87. The van der Waals surface area contributed by atoms with Crippen molar-refractivity contribution in [2.24, 2.45) is 0 Å². The van der Waals surface area contributed by atoms with Gasteiger partial charge in [-0.15, -0.1) is 11.3 Å². The highest BCUT2D eigenvalue weighted by atomic mass is 32.1. The number of anilines is 1. The number of benzene rings is 1. The highest BCUT2D eigenvalue weighted by Gasteiger charge is 2.33. The molecule has 0 bridgehead atoms. The molecule has 0 spiro atoms. The lowest BCUT2D eigenvalue weighted by atomic mass is 10.1. The van der Waals surface area contributed by atoms with Crippen molar-refractivity contribution < 1.29 is 22.6 Å². The zero-order chi connectivity index (χ0) is 16.2. The van der Waals surface area contributed by atoms with E-state index in [1.54, 1.807) is 20.3 Å². The van der Waals surface area contributed by atoms with Crippen LogP contribution in [0.3, 0.4) is 0 Å². The van der Waals surface area contributed by atoms with Crippen LogP contribution in [0.1, 0.15) is 11.3 Å². The van der Waals surface area contributed by atoms with E-state index in [0.29, 0.717) is 24.5 Å². The first-order valence-corrected chi connectivity index (χ1v) is 7.29. The minimum absolute atomic E-state index is 0.257. The summed E-state index contributed by atoms with van der Waals surface area (Å²) in [7, 11) is 3.11. The molecule has 1 N–H and O–H groups in total. The van der Waals surface area contributed by atoms with Gasteiger partial charge in [0.2, 0.25) is 0 Å². The Morgan fingerprint density at radius 3 is 2.50 bits per heavy atom. The molecule has 22 heavy (non-hydrogen) atoms. The van der Waals surface area contributed by atoms with Gasteiger partial charge in [-0.2, -0.15) is 13.2 Å². The quantitative estimate of drug-likeness (QED) is 0.873. The Kier molecular flexibility index (Phi) is 5.12. The van der Waals surface area contributed by atoms with Crippen LogP contribution in [0.4, 0.5) is 18.3 Å². The van der Waals surface area contributed by atoms with Crippen molar-refractivity contribution in [2.75, 3.05) is 26.1 Å². The number of nitrogens with zero attached hydrogens (tertiary/aromatic N) is 1. The maximum Gasteiger partial charge on any atom is 0.434 e. The van der Waals surface area contributed by atoms with Crippen molar-refractivity contribution in [2.45, 2.75) is 12.6 Å². The number of rotatable bonds is 6. The minimum atomic E-state index is -4.40. The maximum atomic E-state index is 12.4. The lowest BCUT2D eigenvalue weighted by Gasteiger charge is -2.09. The molecule has 2 rings (SSSR count). The first-order valence-electron chi connectivity index (χ1n) is 6.41. The zero-order valence-electron chi connectivity index (χ0n) is 12.0. The molecular weight excluding hydrogens is 317 g/mol. The van der Waals surface area contributed by atoms with Gasteiger partial charge in [0.15, 0.2) is 22.3 Å². The van der Waals surface area contributed by atoms with E-state index in [-0.39, 0.29) is 5.13 Å². The van der Waals surface area contributed by atoms with E-state index in [1.165, 1.54) is 0 Å². The van der Waals surface area contributed by atoms with Gasteiger partial charge in [-0.1, -0.05) is 6.07 Å². The summed E-state index contributed by atoms with van der Waals surface area (Å²) in [5.74, 6) is 1.25. The Morgan fingerprint density at radius 1 is 1.18 bits per heavy atom. The van der Waals surface area contributed by atoms with Gasteiger partial charge in [-0.3, -0.25) is 0 Å². The Balaban J connectivity index is 1.92. The minimum Gasteiger partial charge on any atom is -0.493 e. The summed E-state index contributed by atoms with van der Waals surface area (Å²) in [5.41, 5.74) is 0.115. The van der Waals surface area contributed by atoms with E-state index in [1.807, 2.05) is 12.1 Å². The molecule has 0 saturated heterocycles. The summed E-state index contributed by atoms with van der Waals surface area (Å²) in [6, 6.07) is 5.51. The normalized spacial score (nSPS) is 11.3. The van der Waals surface area contributed by atoms with Crippen molar-refractivity contribution in [3.8, 4) is 11.5 Å². The van der Waals surface area contributed by atoms with E-state index in [4.69, 9.17) is 9.47 Å². The van der Waals surface area contributed by atoms with Crippen molar-refractivity contribution in [3.05, 3.63) is 34.8 Å². The van der Waals surface area contributed by atoms with Crippen molar-refractivity contribution in [3.63, 3.8) is 0 Å². The van der Waals surface area contributed by atoms with E-state index < -0.39 is 11.9 Å². The average molecular weight is 332 g/mol. The molecule has 4 nitrogen and oxygen atoms in total. The van der Waals surface area contributed by atoms with Crippen LogP contribution in [0.15, 0.2) is 23.6 Å². The lowest BCUT2D eigenvalue weighted by Crippen LogP contribution is -2.08. The molecule has 0 radical (unpaired) electrons. The standard InChI is InChI=1S/C14H15F3N2O2S/c1-20-10-4-3-9(7-11(10)21-2)5-6-18-13-19-12(8-22-13)14(15,16)17/h3-4,7-8H,5-6H2,1-2H3,(H,18,19). The third-order valence-electron chi connectivity index (χ3n) is 2.93. The van der Waals surface area contributed by atoms with Gasteiger partial charge in [-0.25, -0.2) is 4.98 Å². The topological polar surface area (TPSA) is 43.4 Å². The van der Waals surface area contributed by atoms with Gasteiger partial charge >= 0.3 is 6.18 Å². The molecule has 120 valence electrons. The highest BCUT2D eigenvalue weighted by molar-refractivity contribution is 7.13. The summed E-state index contributed by atoms with van der Waals surface area (Å²) in [4.78, 5) is 3.51. The molecule has 0 saturated carbocycles. The van der Waals surface area contributed by atoms with Gasteiger partial charge in [0, 0.05) is 11.9 Å². The molecule has 1 heterocycles. The fraction of sp³-hybridized carbons (Fsp3) is 0.357. The Bertz CT molecular complexity index is 629. The average Bonchev–Trinajstić information content (AvgIpc) is 2.96. The summed E-state index contributed by atoms with van der Waals surface area (Å²) in [6.45, 7) is 0.473. The second-order valence-corrected chi connectivity index (χ2v) is 5.26. The molecule has 0 aliphatic carbocycles. The van der Waals surface area contributed by atoms with Crippen LogP contribution < -0.4 is 14.8 Å². The monoisotopic (exact) mass is 332 g/mol. The summed E-state index contributed by atoms with van der Waals surface area (Å²) in [6.07, 6.45) is -3.78. The fourth-order valence-electron chi connectivity index (χ4n) is 1.84. The van der Waals surface area contributed by atoms with E-state index in [9.17, 15) is 13.2 Å².